The first-order valence-corrected chi connectivity index (χ1v) is 5.22. The van der Waals surface area contributed by atoms with Crippen LogP contribution in [0.3, 0.4) is 0 Å². The van der Waals surface area contributed by atoms with Crippen LogP contribution in [-0.2, 0) is 4.79 Å². The van der Waals surface area contributed by atoms with Crippen LogP contribution in [0.5, 0.6) is 0 Å². The molecule has 0 saturated heterocycles. The van der Waals surface area contributed by atoms with Gasteiger partial charge in [0.05, 0.1) is 5.56 Å². The van der Waals surface area contributed by atoms with Crippen molar-refractivity contribution in [3.05, 3.63) is 26.4 Å². The number of aryl methyl sites for hydroxylation is 1. The lowest BCUT2D eigenvalue weighted by Gasteiger charge is -1.99. The van der Waals surface area contributed by atoms with Crippen LogP contribution >= 0.6 is 11.3 Å². The van der Waals surface area contributed by atoms with Gasteiger partial charge in [0.25, 0.3) is 0 Å². The topological polar surface area (TPSA) is 102 Å². The van der Waals surface area contributed by atoms with E-state index in [4.69, 9.17) is 10.8 Å². The molecule has 1 aromatic rings. The van der Waals surface area contributed by atoms with E-state index in [1.54, 1.807) is 0 Å². The van der Waals surface area contributed by atoms with E-state index >= 15 is 0 Å². The number of nitriles is 1. The largest absolute Gasteiger partial charge is 0.316 e. The molecule has 0 radical (unpaired) electrons. The second-order valence-electron chi connectivity index (χ2n) is 3.04. The molecule has 1 N–H and O–H groups in total. The predicted octanol–water partition coefficient (Wildman–Crippen LogP) is 2.49. The first-order chi connectivity index (χ1) is 7.60. The van der Waals surface area contributed by atoms with Crippen molar-refractivity contribution in [3.8, 4) is 6.07 Å². The molecule has 0 aliphatic heterocycles. The molecule has 0 bridgehead atoms. The van der Waals surface area contributed by atoms with Crippen LogP contribution in [0.4, 0.5) is 5.00 Å². The fraction of sp³-hybridized carbons (Fsp3) is 0.333. The van der Waals surface area contributed by atoms with Crippen molar-refractivity contribution in [1.82, 2.24) is 0 Å². The number of carbonyl (C=O) groups excluding carboxylic acids is 1. The second-order valence-corrected chi connectivity index (χ2v) is 4.26. The number of anilines is 1. The van der Waals surface area contributed by atoms with E-state index in [2.05, 4.69) is 15.3 Å². The fourth-order valence-electron chi connectivity index (χ4n) is 1.11. The summed E-state index contributed by atoms with van der Waals surface area (Å²) >= 11 is 1.34. The minimum absolute atomic E-state index is 0.267. The van der Waals surface area contributed by atoms with Crippen molar-refractivity contribution in [2.24, 2.45) is 5.11 Å². The summed E-state index contributed by atoms with van der Waals surface area (Å²) in [7, 11) is 0. The maximum atomic E-state index is 11.3. The Morgan fingerprint density at radius 3 is 2.94 bits per heavy atom. The van der Waals surface area contributed by atoms with Crippen molar-refractivity contribution >= 4 is 22.2 Å². The highest BCUT2D eigenvalue weighted by molar-refractivity contribution is 7.16. The third-order valence-corrected chi connectivity index (χ3v) is 3.15. The first kappa shape index (κ1) is 12.0. The van der Waals surface area contributed by atoms with Crippen LogP contribution in [0.15, 0.2) is 5.11 Å². The Morgan fingerprint density at radius 2 is 2.38 bits per heavy atom. The zero-order valence-electron chi connectivity index (χ0n) is 8.81. The van der Waals surface area contributed by atoms with Crippen LogP contribution in [0.2, 0.25) is 0 Å². The Morgan fingerprint density at radius 1 is 1.69 bits per heavy atom. The Labute approximate surface area is 96.1 Å². The highest BCUT2D eigenvalue weighted by atomic mass is 32.1. The van der Waals surface area contributed by atoms with Crippen LogP contribution in [0.25, 0.3) is 10.4 Å². The van der Waals surface area contributed by atoms with E-state index < -0.39 is 5.91 Å². The Kier molecular flexibility index (Phi) is 3.89. The van der Waals surface area contributed by atoms with Gasteiger partial charge >= 0.3 is 0 Å². The summed E-state index contributed by atoms with van der Waals surface area (Å²) in [5.74, 6) is -0.421. The molecular weight excluding hydrogens is 226 g/mol. The SMILES string of the molecule is Cc1sc(NC(=O)CN=[N+]=[N-])c(C#N)c1C. The predicted molar refractivity (Wildman–Crippen MR) is 61.2 cm³/mol. The number of hydrogen-bond acceptors (Lipinski definition) is 4. The third-order valence-electron chi connectivity index (χ3n) is 2.03. The highest BCUT2D eigenvalue weighted by Gasteiger charge is 2.13. The molecule has 82 valence electrons. The average molecular weight is 235 g/mol. The summed E-state index contributed by atoms with van der Waals surface area (Å²) in [5, 5.41) is 15.1. The molecule has 0 saturated carbocycles. The number of nitrogens with zero attached hydrogens (tertiary/aromatic N) is 4. The fourth-order valence-corrected chi connectivity index (χ4v) is 2.14. The molecule has 0 fully saturated rings. The Bertz CT molecular complexity index is 507. The normalized spacial score (nSPS) is 9.06. The van der Waals surface area contributed by atoms with Gasteiger partial charge in [-0.3, -0.25) is 4.79 Å². The zero-order chi connectivity index (χ0) is 12.1. The minimum atomic E-state index is -0.421. The lowest BCUT2D eigenvalue weighted by atomic mass is 10.2. The van der Waals surface area contributed by atoms with Crippen LogP contribution < -0.4 is 5.32 Å². The van der Waals surface area contributed by atoms with Crippen molar-refractivity contribution in [2.75, 3.05) is 11.9 Å². The van der Waals surface area contributed by atoms with Gasteiger partial charge in [-0.1, -0.05) is 5.11 Å². The number of thiophene rings is 1. The van der Waals surface area contributed by atoms with Crippen LogP contribution in [-0.4, -0.2) is 12.5 Å². The van der Waals surface area contributed by atoms with Gasteiger partial charge in [-0.25, -0.2) is 0 Å². The Balaban J connectivity index is 2.90. The zero-order valence-corrected chi connectivity index (χ0v) is 9.63. The average Bonchev–Trinajstić information content (AvgIpc) is 2.51. The molecule has 1 aromatic heterocycles. The van der Waals surface area contributed by atoms with Crippen molar-refractivity contribution in [2.45, 2.75) is 13.8 Å². The van der Waals surface area contributed by atoms with Gasteiger partial charge < -0.3 is 5.32 Å². The van der Waals surface area contributed by atoms with Crippen LogP contribution in [0, 0.1) is 25.2 Å². The summed E-state index contributed by atoms with van der Waals surface area (Å²) in [6.45, 7) is 3.44. The molecule has 6 nitrogen and oxygen atoms in total. The molecule has 7 heteroatoms. The number of hydrogen-bond donors (Lipinski definition) is 1. The molecule has 1 heterocycles. The number of azide groups is 1. The smallest absolute Gasteiger partial charge is 0.230 e. The van der Waals surface area contributed by atoms with Crippen molar-refractivity contribution < 1.29 is 4.79 Å². The van der Waals surface area contributed by atoms with Crippen molar-refractivity contribution in [3.63, 3.8) is 0 Å². The van der Waals surface area contributed by atoms with Gasteiger partial charge in [0.15, 0.2) is 0 Å². The molecule has 1 rings (SSSR count). The minimum Gasteiger partial charge on any atom is -0.316 e. The standard InChI is InChI=1S/C9H9N5OS/c1-5-6(2)16-9(7(5)3-10)13-8(15)4-12-14-11/h4H2,1-2H3,(H,13,15). The summed E-state index contributed by atoms with van der Waals surface area (Å²) < 4.78 is 0. The number of rotatable bonds is 3. The molecule has 0 aliphatic rings. The van der Waals surface area contributed by atoms with Gasteiger partial charge in [0.2, 0.25) is 5.91 Å². The summed E-state index contributed by atoms with van der Waals surface area (Å²) in [6, 6.07) is 2.04. The maximum Gasteiger partial charge on any atom is 0.230 e. The van der Waals surface area contributed by atoms with Gasteiger partial charge in [0, 0.05) is 9.79 Å². The number of carbonyl (C=O) groups is 1. The maximum absolute atomic E-state index is 11.3. The van der Waals surface area contributed by atoms with Crippen molar-refractivity contribution in [1.29, 1.82) is 5.26 Å². The summed E-state index contributed by atoms with van der Waals surface area (Å²) in [6.07, 6.45) is 0. The molecule has 0 aromatic carbocycles. The number of amides is 1. The lowest BCUT2D eigenvalue weighted by Crippen LogP contribution is -2.14. The monoisotopic (exact) mass is 235 g/mol. The number of nitrogens with one attached hydrogen (secondary N) is 1. The second kappa shape index (κ2) is 5.16. The van der Waals surface area contributed by atoms with E-state index in [9.17, 15) is 4.79 Å². The summed E-state index contributed by atoms with van der Waals surface area (Å²) in [5.41, 5.74) is 9.40. The molecule has 1 amide bonds. The van der Waals surface area contributed by atoms with Gasteiger partial charge in [-0.2, -0.15) is 5.26 Å². The Hall–Kier alpha value is -2.03. The molecule has 0 atom stereocenters. The molecule has 0 spiro atoms. The van der Waals surface area contributed by atoms with Gasteiger partial charge in [0.1, 0.15) is 17.6 Å². The van der Waals surface area contributed by atoms with E-state index in [0.29, 0.717) is 10.6 Å². The lowest BCUT2D eigenvalue weighted by molar-refractivity contribution is -0.114. The van der Waals surface area contributed by atoms with E-state index in [1.807, 2.05) is 19.9 Å². The first-order valence-electron chi connectivity index (χ1n) is 4.41. The van der Waals surface area contributed by atoms with Gasteiger partial charge in [-0.15, -0.1) is 11.3 Å². The summed E-state index contributed by atoms with van der Waals surface area (Å²) in [4.78, 5) is 14.7. The van der Waals surface area contributed by atoms with E-state index in [-0.39, 0.29) is 6.54 Å². The van der Waals surface area contributed by atoms with E-state index in [1.165, 1.54) is 11.3 Å². The third kappa shape index (κ3) is 2.51. The molecule has 16 heavy (non-hydrogen) atoms. The molecule has 0 aliphatic carbocycles. The van der Waals surface area contributed by atoms with E-state index in [0.717, 1.165) is 10.4 Å². The quantitative estimate of drug-likeness (QED) is 0.494. The highest BCUT2D eigenvalue weighted by Crippen LogP contribution is 2.31. The van der Waals surface area contributed by atoms with Crippen LogP contribution in [0.1, 0.15) is 16.0 Å². The molecular formula is C9H9N5OS. The van der Waals surface area contributed by atoms with Gasteiger partial charge in [-0.05, 0) is 24.9 Å². The molecule has 0 unspecified atom stereocenters.